The fourth-order valence-corrected chi connectivity index (χ4v) is 5.39. The number of fused-ring (bicyclic) bond motifs is 5. The molecule has 2 fully saturated rings. The molecule has 1 N–H and O–H groups in total. The molecule has 1 saturated carbocycles. The SMILES string of the molecule is COCCNC(=O)CC(=O)N(CCN1C(=O)C2C3C=CC(C3)C2C1=O)Cc1cn(CCOCC(C)=O)nn1. The molecule has 13 nitrogen and oxygen atoms in total. The molecule has 3 aliphatic rings. The van der Waals surface area contributed by atoms with Crippen molar-refractivity contribution in [2.45, 2.75) is 32.9 Å². The molecule has 38 heavy (non-hydrogen) atoms. The summed E-state index contributed by atoms with van der Waals surface area (Å²) in [5, 5.41) is 10.7. The molecule has 4 unspecified atom stereocenters. The molecular formula is C25H34N6O7. The Bertz CT molecular complexity index is 1070. The van der Waals surface area contributed by atoms with Crippen LogP contribution in [0.4, 0.5) is 0 Å². The van der Waals surface area contributed by atoms with Crippen LogP contribution >= 0.6 is 0 Å². The number of carbonyl (C=O) groups excluding carboxylic acids is 5. The molecule has 2 aliphatic carbocycles. The molecule has 206 valence electrons. The average molecular weight is 531 g/mol. The minimum atomic E-state index is -0.458. The first-order valence-electron chi connectivity index (χ1n) is 12.8. The van der Waals surface area contributed by atoms with Crippen molar-refractivity contribution >= 4 is 29.4 Å². The molecule has 4 rings (SSSR count). The first-order valence-corrected chi connectivity index (χ1v) is 12.8. The second-order valence-corrected chi connectivity index (χ2v) is 9.89. The van der Waals surface area contributed by atoms with Gasteiger partial charge >= 0.3 is 0 Å². The summed E-state index contributed by atoms with van der Waals surface area (Å²) in [5.74, 6) is -1.75. The lowest BCUT2D eigenvalue weighted by atomic mass is 9.85. The van der Waals surface area contributed by atoms with E-state index in [-0.39, 0.29) is 80.7 Å². The van der Waals surface area contributed by atoms with E-state index in [1.165, 1.54) is 28.5 Å². The maximum Gasteiger partial charge on any atom is 0.233 e. The molecule has 13 heteroatoms. The van der Waals surface area contributed by atoms with Gasteiger partial charge in [0.25, 0.3) is 0 Å². The Balaban J connectivity index is 1.37. The summed E-state index contributed by atoms with van der Waals surface area (Å²) in [6, 6.07) is 0. The van der Waals surface area contributed by atoms with Gasteiger partial charge in [-0.25, -0.2) is 4.68 Å². The number of methoxy groups -OCH3 is 1. The monoisotopic (exact) mass is 530 g/mol. The number of ketones is 1. The largest absolute Gasteiger partial charge is 0.383 e. The molecule has 1 aromatic heterocycles. The summed E-state index contributed by atoms with van der Waals surface area (Å²) in [6.45, 7) is 2.86. The molecule has 1 aromatic rings. The Morgan fingerprint density at radius 2 is 1.82 bits per heavy atom. The van der Waals surface area contributed by atoms with Crippen molar-refractivity contribution in [2.24, 2.45) is 23.7 Å². The number of hydrogen-bond donors (Lipinski definition) is 1. The highest BCUT2D eigenvalue weighted by Gasteiger charge is 2.59. The summed E-state index contributed by atoms with van der Waals surface area (Å²) < 4.78 is 11.7. The second kappa shape index (κ2) is 12.4. The van der Waals surface area contributed by atoms with Gasteiger partial charge < -0.3 is 19.7 Å². The number of likely N-dealkylation sites (tertiary alicyclic amines) is 1. The van der Waals surface area contributed by atoms with E-state index in [1.807, 2.05) is 12.2 Å². The Labute approximate surface area is 220 Å². The van der Waals surface area contributed by atoms with Gasteiger partial charge in [-0.1, -0.05) is 17.4 Å². The highest BCUT2D eigenvalue weighted by atomic mass is 16.5. The molecule has 1 saturated heterocycles. The summed E-state index contributed by atoms with van der Waals surface area (Å²) in [6.07, 6.45) is 6.17. The van der Waals surface area contributed by atoms with Crippen LogP contribution in [-0.2, 0) is 46.5 Å². The normalized spacial score (nSPS) is 23.3. The van der Waals surface area contributed by atoms with Crippen molar-refractivity contribution in [1.82, 2.24) is 30.1 Å². The topological polar surface area (TPSA) is 153 Å². The Hall–Kier alpha value is -3.45. The zero-order valence-electron chi connectivity index (χ0n) is 21.7. The van der Waals surface area contributed by atoms with Gasteiger partial charge in [0.15, 0.2) is 5.78 Å². The van der Waals surface area contributed by atoms with Gasteiger partial charge in [0.1, 0.15) is 18.7 Å². The van der Waals surface area contributed by atoms with E-state index in [1.54, 1.807) is 6.20 Å². The number of hydrogen-bond acceptors (Lipinski definition) is 9. The smallest absolute Gasteiger partial charge is 0.233 e. The van der Waals surface area contributed by atoms with Gasteiger partial charge in [-0.3, -0.25) is 28.9 Å². The number of nitrogens with one attached hydrogen (secondary N) is 1. The van der Waals surface area contributed by atoms with Gasteiger partial charge in [0.2, 0.25) is 23.6 Å². The number of rotatable bonds is 15. The van der Waals surface area contributed by atoms with E-state index in [2.05, 4.69) is 15.6 Å². The van der Waals surface area contributed by atoms with E-state index >= 15 is 0 Å². The lowest BCUT2D eigenvalue weighted by molar-refractivity contribution is -0.143. The van der Waals surface area contributed by atoms with Crippen molar-refractivity contribution in [2.75, 3.05) is 46.6 Å². The molecule has 2 bridgehead atoms. The third kappa shape index (κ3) is 6.33. The van der Waals surface area contributed by atoms with E-state index < -0.39 is 18.2 Å². The molecule has 0 spiro atoms. The standard InChI is InChI=1S/C25H34N6O7/c1-16(32)15-38-10-8-30-14-19(27-28-30)13-29(21(34)12-20(33)26-5-9-37-2)6-7-31-24(35)22-17-3-4-18(11-17)23(22)25(31)36/h3-4,14,17-18,22-23H,5-13,15H2,1-2H3,(H,26,33). The van der Waals surface area contributed by atoms with Gasteiger partial charge in [0, 0.05) is 26.7 Å². The summed E-state index contributed by atoms with van der Waals surface area (Å²) in [5.41, 5.74) is 0.475. The van der Waals surface area contributed by atoms with Crippen LogP contribution in [0.1, 0.15) is 25.5 Å². The highest BCUT2D eigenvalue weighted by molar-refractivity contribution is 6.06. The van der Waals surface area contributed by atoms with Gasteiger partial charge in [-0.05, 0) is 25.2 Å². The number of nitrogens with zero attached hydrogens (tertiary/aromatic N) is 5. The van der Waals surface area contributed by atoms with Crippen molar-refractivity contribution in [3.05, 3.63) is 24.0 Å². The summed E-state index contributed by atoms with van der Waals surface area (Å²) >= 11 is 0. The van der Waals surface area contributed by atoms with Crippen LogP contribution in [0.15, 0.2) is 18.3 Å². The average Bonchev–Trinajstić information content (AvgIpc) is 3.65. The van der Waals surface area contributed by atoms with Crippen LogP contribution in [0.2, 0.25) is 0 Å². The minimum Gasteiger partial charge on any atom is -0.383 e. The maximum atomic E-state index is 13.1. The molecular weight excluding hydrogens is 496 g/mol. The highest BCUT2D eigenvalue weighted by Crippen LogP contribution is 2.52. The first-order chi connectivity index (χ1) is 18.3. The lowest BCUT2D eigenvalue weighted by Crippen LogP contribution is -2.43. The summed E-state index contributed by atoms with van der Waals surface area (Å²) in [4.78, 5) is 65.1. The van der Waals surface area contributed by atoms with Crippen molar-refractivity contribution in [3.63, 3.8) is 0 Å². The fraction of sp³-hybridized carbons (Fsp3) is 0.640. The van der Waals surface area contributed by atoms with Crippen LogP contribution in [0.25, 0.3) is 0 Å². The molecule has 0 radical (unpaired) electrons. The second-order valence-electron chi connectivity index (χ2n) is 9.89. The number of imide groups is 1. The number of ether oxygens (including phenoxy) is 2. The third-order valence-corrected chi connectivity index (χ3v) is 7.16. The van der Waals surface area contributed by atoms with Crippen LogP contribution < -0.4 is 5.32 Å². The molecule has 2 heterocycles. The maximum absolute atomic E-state index is 13.1. The van der Waals surface area contributed by atoms with Crippen LogP contribution in [0.3, 0.4) is 0 Å². The number of carbonyl (C=O) groups is 5. The predicted octanol–water partition coefficient (Wildman–Crippen LogP) is -0.828. The van der Waals surface area contributed by atoms with Crippen molar-refractivity contribution in [1.29, 1.82) is 0 Å². The number of aromatic nitrogens is 3. The van der Waals surface area contributed by atoms with Crippen LogP contribution in [0, 0.1) is 23.7 Å². The lowest BCUT2D eigenvalue weighted by Gasteiger charge is -2.25. The quantitative estimate of drug-likeness (QED) is 0.133. The van der Waals surface area contributed by atoms with Crippen LogP contribution in [0.5, 0.6) is 0 Å². The number of amides is 4. The molecule has 4 atom stereocenters. The van der Waals surface area contributed by atoms with Crippen molar-refractivity contribution in [3.8, 4) is 0 Å². The van der Waals surface area contributed by atoms with E-state index in [9.17, 15) is 24.0 Å². The summed E-state index contributed by atoms with van der Waals surface area (Å²) in [7, 11) is 1.51. The van der Waals surface area contributed by atoms with Gasteiger partial charge in [-0.15, -0.1) is 5.10 Å². The molecule has 0 aromatic carbocycles. The zero-order chi connectivity index (χ0) is 27.2. The van der Waals surface area contributed by atoms with Crippen LogP contribution in [-0.4, -0.2) is 101 Å². The van der Waals surface area contributed by atoms with Gasteiger partial charge in [-0.2, -0.15) is 0 Å². The van der Waals surface area contributed by atoms with E-state index in [0.29, 0.717) is 18.8 Å². The zero-order valence-corrected chi connectivity index (χ0v) is 21.7. The minimum absolute atomic E-state index is 0.0174. The number of Topliss-reactive ketones (excluding diaryl/α,β-unsaturated/α-hetero) is 1. The third-order valence-electron chi connectivity index (χ3n) is 7.16. The van der Waals surface area contributed by atoms with Gasteiger partial charge in [0.05, 0.1) is 44.3 Å². The Kier molecular flexibility index (Phi) is 9.00. The predicted molar refractivity (Wildman–Crippen MR) is 131 cm³/mol. The van der Waals surface area contributed by atoms with Crippen molar-refractivity contribution < 1.29 is 33.4 Å². The first kappa shape index (κ1) is 27.6. The Morgan fingerprint density at radius 3 is 2.47 bits per heavy atom. The molecule has 1 aliphatic heterocycles. The number of allylic oxidation sites excluding steroid dienone is 2. The Morgan fingerprint density at radius 1 is 1.11 bits per heavy atom. The molecule has 4 amide bonds. The van der Waals surface area contributed by atoms with E-state index in [0.717, 1.165) is 6.42 Å². The fourth-order valence-electron chi connectivity index (χ4n) is 5.39. The van der Waals surface area contributed by atoms with E-state index in [4.69, 9.17) is 9.47 Å².